The minimum Gasteiger partial charge on any atom is -0.482 e. The summed E-state index contributed by atoms with van der Waals surface area (Å²) in [5.74, 6) is 0.298. The van der Waals surface area contributed by atoms with E-state index in [4.69, 9.17) is 21.6 Å². The van der Waals surface area contributed by atoms with E-state index in [1.165, 1.54) is 0 Å². The van der Waals surface area contributed by atoms with Crippen molar-refractivity contribution in [2.75, 3.05) is 19.7 Å². The van der Waals surface area contributed by atoms with Crippen molar-refractivity contribution >= 4 is 33.4 Å². The highest BCUT2D eigenvalue weighted by atomic mass is 79.9. The van der Waals surface area contributed by atoms with E-state index in [0.29, 0.717) is 30.3 Å². The quantitative estimate of drug-likeness (QED) is 0.632. The van der Waals surface area contributed by atoms with Crippen LogP contribution in [0.4, 0.5) is 0 Å². The van der Waals surface area contributed by atoms with Crippen LogP contribution in [-0.2, 0) is 11.2 Å². The molecule has 4 nitrogen and oxygen atoms in total. The molecule has 0 aliphatic rings. The predicted octanol–water partition coefficient (Wildman–Crippen LogP) is 4.47. The fourth-order valence-electron chi connectivity index (χ4n) is 2.28. The molecule has 0 spiro atoms. The van der Waals surface area contributed by atoms with Gasteiger partial charge in [0.2, 0.25) is 0 Å². The summed E-state index contributed by atoms with van der Waals surface area (Å²) in [6.45, 7) is 0.823. The molecule has 0 aliphatic carbocycles. The van der Waals surface area contributed by atoms with Crippen molar-refractivity contribution in [3.8, 4) is 11.8 Å². The van der Waals surface area contributed by atoms with Crippen molar-refractivity contribution in [2.45, 2.75) is 12.8 Å². The van der Waals surface area contributed by atoms with E-state index in [1.807, 2.05) is 30.3 Å². The Morgan fingerprint density at radius 1 is 1.20 bits per heavy atom. The summed E-state index contributed by atoms with van der Waals surface area (Å²) in [4.78, 5) is 14.1. The van der Waals surface area contributed by atoms with Crippen molar-refractivity contribution in [3.05, 3.63) is 63.6 Å². The van der Waals surface area contributed by atoms with Crippen LogP contribution in [0.3, 0.4) is 0 Å². The molecule has 0 radical (unpaired) electrons. The Bertz CT molecular complexity index is 747. The summed E-state index contributed by atoms with van der Waals surface area (Å²) in [5, 5.41) is 9.25. The van der Waals surface area contributed by atoms with Gasteiger partial charge in [-0.1, -0.05) is 57.9 Å². The van der Waals surface area contributed by atoms with Crippen LogP contribution in [0.25, 0.3) is 0 Å². The summed E-state index contributed by atoms with van der Waals surface area (Å²) in [7, 11) is 0. The van der Waals surface area contributed by atoms with Crippen molar-refractivity contribution in [1.29, 1.82) is 5.26 Å². The van der Waals surface area contributed by atoms with Gasteiger partial charge < -0.3 is 9.64 Å². The maximum absolute atomic E-state index is 12.5. The molecular formula is C19H18BrClN2O2. The zero-order valence-electron chi connectivity index (χ0n) is 13.6. The molecule has 2 aromatic carbocycles. The molecule has 2 rings (SSSR count). The summed E-state index contributed by atoms with van der Waals surface area (Å²) in [6, 6.07) is 17.2. The molecule has 0 aliphatic heterocycles. The molecule has 0 bridgehead atoms. The second-order valence-electron chi connectivity index (χ2n) is 5.39. The first kappa shape index (κ1) is 19.3. The van der Waals surface area contributed by atoms with Crippen molar-refractivity contribution < 1.29 is 9.53 Å². The van der Waals surface area contributed by atoms with E-state index in [0.717, 1.165) is 16.5 Å². The number of nitrogens with zero attached hydrogens (tertiary/aromatic N) is 2. The molecule has 2 aromatic rings. The Balaban J connectivity index is 1.93. The largest absolute Gasteiger partial charge is 0.482 e. The molecule has 0 unspecified atom stereocenters. The lowest BCUT2D eigenvalue weighted by atomic mass is 10.1. The fourth-order valence-corrected chi connectivity index (χ4v) is 3.01. The Labute approximate surface area is 161 Å². The monoisotopic (exact) mass is 420 g/mol. The number of nitriles is 1. The molecule has 0 fully saturated rings. The maximum atomic E-state index is 12.5. The van der Waals surface area contributed by atoms with Gasteiger partial charge in [-0.2, -0.15) is 5.26 Å². The minimum atomic E-state index is -0.162. The van der Waals surface area contributed by atoms with Gasteiger partial charge in [-0.3, -0.25) is 4.79 Å². The SMILES string of the molecule is N#CCCN(CCc1ccccc1)C(=O)COc1ccc(Br)cc1Cl. The molecule has 0 aromatic heterocycles. The van der Waals surface area contributed by atoms with Gasteiger partial charge in [0, 0.05) is 17.6 Å². The van der Waals surface area contributed by atoms with Gasteiger partial charge in [-0.05, 0) is 30.2 Å². The third kappa shape index (κ3) is 6.41. The van der Waals surface area contributed by atoms with Crippen LogP contribution >= 0.6 is 27.5 Å². The number of carbonyl (C=O) groups is 1. The molecule has 0 saturated heterocycles. The number of hydrogen-bond acceptors (Lipinski definition) is 3. The molecule has 6 heteroatoms. The first-order chi connectivity index (χ1) is 12.1. The summed E-state index contributed by atoms with van der Waals surface area (Å²) in [5.41, 5.74) is 1.15. The van der Waals surface area contributed by atoms with Crippen LogP contribution in [-0.4, -0.2) is 30.5 Å². The molecular weight excluding hydrogens is 404 g/mol. The van der Waals surface area contributed by atoms with Crippen LogP contribution in [0.15, 0.2) is 53.0 Å². The van der Waals surface area contributed by atoms with Crippen molar-refractivity contribution in [1.82, 2.24) is 4.90 Å². The Hall–Kier alpha value is -2.03. The maximum Gasteiger partial charge on any atom is 0.260 e. The number of hydrogen-bond donors (Lipinski definition) is 0. The first-order valence-electron chi connectivity index (χ1n) is 7.86. The molecule has 0 saturated carbocycles. The highest BCUT2D eigenvalue weighted by Gasteiger charge is 2.15. The Morgan fingerprint density at radius 2 is 1.96 bits per heavy atom. The molecule has 25 heavy (non-hydrogen) atoms. The number of amides is 1. The van der Waals surface area contributed by atoms with E-state index in [-0.39, 0.29) is 12.5 Å². The van der Waals surface area contributed by atoms with Gasteiger partial charge >= 0.3 is 0 Å². The average molecular weight is 422 g/mol. The second kappa shape index (κ2) is 10.1. The van der Waals surface area contributed by atoms with Crippen LogP contribution in [0.1, 0.15) is 12.0 Å². The number of halogens is 2. The average Bonchev–Trinajstić information content (AvgIpc) is 2.61. The smallest absolute Gasteiger partial charge is 0.260 e. The van der Waals surface area contributed by atoms with Crippen LogP contribution in [0, 0.1) is 11.3 Å². The molecule has 130 valence electrons. The number of benzene rings is 2. The lowest BCUT2D eigenvalue weighted by molar-refractivity contribution is -0.133. The fraction of sp³-hybridized carbons (Fsp3) is 0.263. The van der Waals surface area contributed by atoms with Crippen molar-refractivity contribution in [3.63, 3.8) is 0 Å². The van der Waals surface area contributed by atoms with Gasteiger partial charge in [0.1, 0.15) is 5.75 Å². The van der Waals surface area contributed by atoms with Gasteiger partial charge in [0.15, 0.2) is 6.61 Å². The van der Waals surface area contributed by atoms with Gasteiger partial charge in [-0.15, -0.1) is 0 Å². The molecule has 0 atom stereocenters. The third-order valence-electron chi connectivity index (χ3n) is 3.60. The molecule has 0 N–H and O–H groups in total. The Morgan fingerprint density at radius 3 is 2.64 bits per heavy atom. The van der Waals surface area contributed by atoms with Gasteiger partial charge in [0.25, 0.3) is 5.91 Å². The lowest BCUT2D eigenvalue weighted by Crippen LogP contribution is -2.37. The first-order valence-corrected chi connectivity index (χ1v) is 9.03. The van der Waals surface area contributed by atoms with Crippen molar-refractivity contribution in [2.24, 2.45) is 0 Å². The van der Waals surface area contributed by atoms with Crippen LogP contribution in [0.5, 0.6) is 5.75 Å². The Kier molecular flexibility index (Phi) is 7.77. The van der Waals surface area contributed by atoms with E-state index in [1.54, 1.807) is 23.1 Å². The number of rotatable bonds is 8. The van der Waals surface area contributed by atoms with Crippen LogP contribution < -0.4 is 4.74 Å². The topological polar surface area (TPSA) is 53.3 Å². The van der Waals surface area contributed by atoms with Crippen LogP contribution in [0.2, 0.25) is 5.02 Å². The summed E-state index contributed by atoms with van der Waals surface area (Å²) in [6.07, 6.45) is 1.02. The highest BCUT2D eigenvalue weighted by Crippen LogP contribution is 2.27. The number of ether oxygens (including phenoxy) is 1. The van der Waals surface area contributed by atoms with E-state index in [2.05, 4.69) is 22.0 Å². The minimum absolute atomic E-state index is 0.110. The third-order valence-corrected chi connectivity index (χ3v) is 4.39. The summed E-state index contributed by atoms with van der Waals surface area (Å²) < 4.78 is 6.38. The standard InChI is InChI=1S/C19H18BrClN2O2/c20-16-7-8-18(17(21)13-16)25-14-19(24)23(11-4-10-22)12-9-15-5-2-1-3-6-15/h1-3,5-8,13H,4,9,11-12,14H2. The summed E-state index contributed by atoms with van der Waals surface area (Å²) >= 11 is 9.42. The zero-order valence-corrected chi connectivity index (χ0v) is 16.0. The molecule has 0 heterocycles. The normalized spacial score (nSPS) is 10.1. The van der Waals surface area contributed by atoms with E-state index >= 15 is 0 Å². The van der Waals surface area contributed by atoms with Gasteiger partial charge in [0.05, 0.1) is 17.5 Å². The lowest BCUT2D eigenvalue weighted by Gasteiger charge is -2.22. The predicted molar refractivity (Wildman–Crippen MR) is 102 cm³/mol. The molecule has 1 amide bonds. The zero-order chi connectivity index (χ0) is 18.1. The van der Waals surface area contributed by atoms with E-state index in [9.17, 15) is 4.79 Å². The van der Waals surface area contributed by atoms with E-state index < -0.39 is 0 Å². The number of carbonyl (C=O) groups excluding carboxylic acids is 1. The highest BCUT2D eigenvalue weighted by molar-refractivity contribution is 9.10. The second-order valence-corrected chi connectivity index (χ2v) is 6.71. The van der Waals surface area contributed by atoms with Gasteiger partial charge in [-0.25, -0.2) is 0 Å².